The van der Waals surface area contributed by atoms with Crippen LogP contribution in [0.25, 0.3) is 11.0 Å². The first-order valence-electron chi connectivity index (χ1n) is 12.2. The second-order valence-electron chi connectivity index (χ2n) is 9.42. The van der Waals surface area contributed by atoms with Crippen molar-refractivity contribution in [3.8, 4) is 12.1 Å². The molecule has 1 fully saturated rings. The molecule has 190 valence electrons. The maximum absolute atomic E-state index is 14.3. The van der Waals surface area contributed by atoms with E-state index in [1.54, 1.807) is 19.2 Å². The number of benzene rings is 2. The molecule has 0 aliphatic carbocycles. The molecule has 0 saturated carbocycles. The number of aryl methyl sites for hydroxylation is 1. The number of pyridine rings is 2. The molecular formula is C29H24F2N6O. The monoisotopic (exact) mass is 510 g/mol. The Morgan fingerprint density at radius 1 is 0.974 bits per heavy atom. The molecule has 1 aliphatic heterocycles. The average Bonchev–Trinajstić information content (AvgIpc) is 2.91. The fraction of sp³-hybridized carbons (Fsp3) is 0.241. The zero-order chi connectivity index (χ0) is 27.0. The highest BCUT2D eigenvalue weighted by molar-refractivity contribution is 5.92. The largest absolute Gasteiger partial charge is 0.366 e. The minimum Gasteiger partial charge on any atom is -0.366 e. The second kappa shape index (κ2) is 10.0. The number of nitriles is 2. The van der Waals surface area contributed by atoms with E-state index in [0.717, 1.165) is 11.6 Å². The Hall–Kier alpha value is -4.60. The lowest BCUT2D eigenvalue weighted by atomic mass is 9.94. The first-order valence-corrected chi connectivity index (χ1v) is 12.2. The smallest absolute Gasteiger partial charge is 0.270 e. The van der Waals surface area contributed by atoms with Crippen LogP contribution in [0.3, 0.4) is 0 Å². The summed E-state index contributed by atoms with van der Waals surface area (Å²) in [6.45, 7) is 3.34. The number of halogens is 2. The number of nitrogens with zero attached hydrogens (tertiary/aromatic N) is 6. The zero-order valence-corrected chi connectivity index (χ0v) is 20.9. The molecule has 5 rings (SSSR count). The summed E-state index contributed by atoms with van der Waals surface area (Å²) in [6, 6.07) is 19.9. The lowest BCUT2D eigenvalue weighted by Gasteiger charge is -2.45. The number of aromatic nitrogens is 2. The fourth-order valence-electron chi connectivity index (χ4n) is 5.37. The zero-order valence-electron chi connectivity index (χ0n) is 20.9. The fourth-order valence-corrected chi connectivity index (χ4v) is 5.37. The molecule has 0 amide bonds. The van der Waals surface area contributed by atoms with Gasteiger partial charge in [-0.25, -0.2) is 13.8 Å². The highest BCUT2D eigenvalue weighted by atomic mass is 19.1. The van der Waals surface area contributed by atoms with Crippen molar-refractivity contribution in [2.75, 3.05) is 24.5 Å². The Morgan fingerprint density at radius 2 is 1.68 bits per heavy atom. The van der Waals surface area contributed by atoms with Gasteiger partial charge in [0.1, 0.15) is 40.5 Å². The number of anilines is 1. The molecule has 0 N–H and O–H groups in total. The lowest BCUT2D eigenvalue weighted by molar-refractivity contribution is 0.149. The van der Waals surface area contributed by atoms with Crippen molar-refractivity contribution in [1.82, 2.24) is 14.5 Å². The number of hydrogen-bond donors (Lipinski definition) is 0. The van der Waals surface area contributed by atoms with Crippen LogP contribution in [-0.2, 0) is 7.05 Å². The van der Waals surface area contributed by atoms with E-state index in [1.807, 2.05) is 54.3 Å². The van der Waals surface area contributed by atoms with E-state index >= 15 is 0 Å². The van der Waals surface area contributed by atoms with Crippen molar-refractivity contribution >= 4 is 16.7 Å². The molecule has 2 aromatic heterocycles. The molecule has 2 atom stereocenters. The molecule has 1 aliphatic rings. The van der Waals surface area contributed by atoms with Crippen LogP contribution < -0.4 is 10.5 Å². The molecule has 0 bridgehead atoms. The SMILES string of the molecule is C[C@@H]1CN(c2c(C#N)c(=O)n(C)c3ccc(C#N)nc23)CCN1C(c1ccccc1)c1cc(F)cc(F)c1. The normalized spacial score (nSPS) is 16.7. The molecule has 0 radical (unpaired) electrons. The molecule has 38 heavy (non-hydrogen) atoms. The molecule has 7 nitrogen and oxygen atoms in total. The van der Waals surface area contributed by atoms with Gasteiger partial charge in [-0.15, -0.1) is 0 Å². The molecule has 0 spiro atoms. The first kappa shape index (κ1) is 25.1. The Morgan fingerprint density at radius 3 is 2.32 bits per heavy atom. The van der Waals surface area contributed by atoms with Crippen LogP contribution in [0.15, 0.2) is 65.5 Å². The summed E-state index contributed by atoms with van der Waals surface area (Å²) >= 11 is 0. The average molecular weight is 511 g/mol. The van der Waals surface area contributed by atoms with Crippen molar-refractivity contribution in [2.45, 2.75) is 19.0 Å². The van der Waals surface area contributed by atoms with E-state index in [4.69, 9.17) is 0 Å². The van der Waals surface area contributed by atoms with Gasteiger partial charge in [-0.1, -0.05) is 30.3 Å². The Bertz CT molecular complexity index is 1650. The first-order chi connectivity index (χ1) is 18.3. The topological polar surface area (TPSA) is 88.9 Å². The Labute approximate surface area is 218 Å². The highest BCUT2D eigenvalue weighted by Gasteiger charge is 2.34. The number of hydrogen-bond acceptors (Lipinski definition) is 6. The van der Waals surface area contributed by atoms with Crippen molar-refractivity contribution in [2.24, 2.45) is 7.05 Å². The summed E-state index contributed by atoms with van der Waals surface area (Å²) in [6.07, 6.45) is 0. The van der Waals surface area contributed by atoms with Gasteiger partial charge in [0.25, 0.3) is 5.56 Å². The Kier molecular flexibility index (Phi) is 6.62. The van der Waals surface area contributed by atoms with Gasteiger partial charge < -0.3 is 9.47 Å². The van der Waals surface area contributed by atoms with Gasteiger partial charge in [0, 0.05) is 38.8 Å². The van der Waals surface area contributed by atoms with Crippen LogP contribution in [0.1, 0.15) is 35.3 Å². The van der Waals surface area contributed by atoms with Gasteiger partial charge >= 0.3 is 0 Å². The summed E-state index contributed by atoms with van der Waals surface area (Å²) in [5, 5.41) is 19.4. The molecule has 2 aromatic carbocycles. The van der Waals surface area contributed by atoms with Crippen LogP contribution in [-0.4, -0.2) is 40.1 Å². The van der Waals surface area contributed by atoms with Gasteiger partial charge in [0.15, 0.2) is 0 Å². The third-order valence-electron chi connectivity index (χ3n) is 7.08. The number of piperazine rings is 1. The van der Waals surface area contributed by atoms with Crippen LogP contribution >= 0.6 is 0 Å². The van der Waals surface area contributed by atoms with Gasteiger partial charge in [-0.05, 0) is 42.3 Å². The molecular weight excluding hydrogens is 486 g/mol. The minimum atomic E-state index is -0.642. The van der Waals surface area contributed by atoms with Crippen molar-refractivity contribution in [3.63, 3.8) is 0 Å². The van der Waals surface area contributed by atoms with Crippen molar-refractivity contribution in [1.29, 1.82) is 10.5 Å². The maximum atomic E-state index is 14.3. The third kappa shape index (κ3) is 4.38. The van der Waals surface area contributed by atoms with Crippen molar-refractivity contribution in [3.05, 3.63) is 105 Å². The summed E-state index contributed by atoms with van der Waals surface area (Å²) < 4.78 is 29.9. The van der Waals surface area contributed by atoms with Crippen LogP contribution in [0.2, 0.25) is 0 Å². The highest BCUT2D eigenvalue weighted by Crippen LogP contribution is 2.35. The second-order valence-corrected chi connectivity index (χ2v) is 9.42. The van der Waals surface area contributed by atoms with Crippen LogP contribution in [0, 0.1) is 34.3 Å². The summed E-state index contributed by atoms with van der Waals surface area (Å²) in [7, 11) is 1.58. The predicted molar refractivity (Wildman–Crippen MR) is 139 cm³/mol. The Balaban J connectivity index is 1.58. The van der Waals surface area contributed by atoms with Crippen LogP contribution in [0.5, 0.6) is 0 Å². The molecule has 1 saturated heterocycles. The van der Waals surface area contributed by atoms with Crippen LogP contribution in [0.4, 0.5) is 14.5 Å². The van der Waals surface area contributed by atoms with E-state index in [9.17, 15) is 24.1 Å². The van der Waals surface area contributed by atoms with E-state index in [-0.39, 0.29) is 17.3 Å². The molecule has 4 aromatic rings. The number of fused-ring (bicyclic) bond motifs is 1. The van der Waals surface area contributed by atoms with Crippen molar-refractivity contribution < 1.29 is 8.78 Å². The quantitative estimate of drug-likeness (QED) is 0.408. The van der Waals surface area contributed by atoms with Gasteiger partial charge in [-0.3, -0.25) is 9.69 Å². The maximum Gasteiger partial charge on any atom is 0.270 e. The van der Waals surface area contributed by atoms with E-state index in [0.29, 0.717) is 41.9 Å². The van der Waals surface area contributed by atoms with E-state index in [1.165, 1.54) is 16.7 Å². The minimum absolute atomic E-state index is 0.0324. The molecule has 1 unspecified atom stereocenters. The van der Waals surface area contributed by atoms with Gasteiger partial charge in [0.2, 0.25) is 0 Å². The lowest BCUT2D eigenvalue weighted by Crippen LogP contribution is -2.53. The van der Waals surface area contributed by atoms with Gasteiger partial charge in [0.05, 0.1) is 17.2 Å². The standard InChI is InChI=1S/C29H24F2N6O/c1-18-17-36(28-24(16-33)29(38)35(2)25-9-8-23(15-32)34-26(25)28)10-11-37(18)27(19-6-4-3-5-7-19)20-12-21(30)14-22(31)13-20/h3-9,12-14,18,27H,10-11,17H2,1-2H3/t18-,27?/m1/s1. The molecule has 3 heterocycles. The summed E-state index contributed by atoms with van der Waals surface area (Å²) in [4.78, 5) is 21.6. The number of rotatable bonds is 4. The van der Waals surface area contributed by atoms with Gasteiger partial charge in [-0.2, -0.15) is 10.5 Å². The third-order valence-corrected chi connectivity index (χ3v) is 7.08. The molecule has 9 heteroatoms. The summed E-state index contributed by atoms with van der Waals surface area (Å²) in [5.74, 6) is -1.28. The summed E-state index contributed by atoms with van der Waals surface area (Å²) in [5.41, 5.74) is 2.46. The van der Waals surface area contributed by atoms with E-state index in [2.05, 4.69) is 9.88 Å². The van der Waals surface area contributed by atoms with E-state index < -0.39 is 23.2 Å². The predicted octanol–water partition coefficient (Wildman–Crippen LogP) is 4.26.